The summed E-state index contributed by atoms with van der Waals surface area (Å²) in [6, 6.07) is 5.60. The van der Waals surface area contributed by atoms with Crippen molar-refractivity contribution in [2.24, 2.45) is 0 Å². The summed E-state index contributed by atoms with van der Waals surface area (Å²) in [6.45, 7) is -0.423. The Morgan fingerprint density at radius 2 is 1.95 bits per heavy atom. The lowest BCUT2D eigenvalue weighted by molar-refractivity contribution is -0.115. The summed E-state index contributed by atoms with van der Waals surface area (Å²) in [6.07, 6.45) is 1.32. The van der Waals surface area contributed by atoms with Gasteiger partial charge in [0.25, 0.3) is 5.91 Å². The van der Waals surface area contributed by atoms with Gasteiger partial charge in [0.05, 0.1) is 6.54 Å². The van der Waals surface area contributed by atoms with Crippen LogP contribution in [-0.2, 0) is 4.79 Å². The lowest BCUT2D eigenvalue weighted by Gasteiger charge is -2.07. The Labute approximate surface area is 123 Å². The highest BCUT2D eigenvalue weighted by atomic mass is 19.2. The Morgan fingerprint density at radius 3 is 2.64 bits per heavy atom. The smallest absolute Gasteiger partial charge is 0.274 e. The van der Waals surface area contributed by atoms with Gasteiger partial charge in [-0.3, -0.25) is 9.59 Å². The summed E-state index contributed by atoms with van der Waals surface area (Å²) >= 11 is 0. The largest absolute Gasteiger partial charge is 0.505 e. The molecule has 0 aliphatic heterocycles. The van der Waals surface area contributed by atoms with E-state index in [1.54, 1.807) is 0 Å². The summed E-state index contributed by atoms with van der Waals surface area (Å²) in [7, 11) is 0. The Hall–Kier alpha value is -3.03. The molecule has 3 N–H and O–H groups in total. The molecular formula is C14H11F2N3O3. The molecule has 0 atom stereocenters. The van der Waals surface area contributed by atoms with E-state index in [9.17, 15) is 23.5 Å². The van der Waals surface area contributed by atoms with Crippen LogP contribution in [0.15, 0.2) is 36.5 Å². The molecule has 0 spiro atoms. The van der Waals surface area contributed by atoms with Crippen molar-refractivity contribution in [2.75, 3.05) is 11.9 Å². The lowest BCUT2D eigenvalue weighted by atomic mass is 10.3. The van der Waals surface area contributed by atoms with Gasteiger partial charge in [0.2, 0.25) is 5.91 Å². The highest BCUT2D eigenvalue weighted by molar-refractivity contribution is 5.99. The van der Waals surface area contributed by atoms with Crippen molar-refractivity contribution in [1.29, 1.82) is 0 Å². The van der Waals surface area contributed by atoms with Crippen molar-refractivity contribution in [3.05, 3.63) is 53.9 Å². The zero-order valence-corrected chi connectivity index (χ0v) is 11.1. The van der Waals surface area contributed by atoms with Crippen molar-refractivity contribution in [1.82, 2.24) is 10.3 Å². The minimum absolute atomic E-state index is 0.0545. The molecule has 0 unspecified atom stereocenters. The number of aromatic hydroxyl groups is 1. The first kappa shape index (κ1) is 15.4. The van der Waals surface area contributed by atoms with Crippen LogP contribution in [-0.4, -0.2) is 28.4 Å². The molecule has 1 heterocycles. The average molecular weight is 307 g/mol. The second-order valence-electron chi connectivity index (χ2n) is 4.23. The molecule has 2 amide bonds. The van der Waals surface area contributed by atoms with E-state index < -0.39 is 30.0 Å². The number of carbonyl (C=O) groups is 2. The van der Waals surface area contributed by atoms with Crippen LogP contribution >= 0.6 is 0 Å². The van der Waals surface area contributed by atoms with Crippen molar-refractivity contribution >= 4 is 17.5 Å². The molecule has 0 aliphatic rings. The number of benzene rings is 1. The number of nitrogens with one attached hydrogen (secondary N) is 2. The Kier molecular flexibility index (Phi) is 4.62. The maximum absolute atomic E-state index is 13.0. The molecule has 2 aromatic rings. The van der Waals surface area contributed by atoms with Gasteiger partial charge in [-0.15, -0.1) is 0 Å². The second-order valence-corrected chi connectivity index (χ2v) is 4.23. The minimum atomic E-state index is -1.10. The van der Waals surface area contributed by atoms with E-state index in [4.69, 9.17) is 0 Å². The van der Waals surface area contributed by atoms with Gasteiger partial charge in [-0.2, -0.15) is 0 Å². The minimum Gasteiger partial charge on any atom is -0.505 e. The van der Waals surface area contributed by atoms with Gasteiger partial charge in [-0.05, 0) is 24.3 Å². The summed E-state index contributed by atoms with van der Waals surface area (Å²) < 4.78 is 25.7. The van der Waals surface area contributed by atoms with Gasteiger partial charge in [0, 0.05) is 18.0 Å². The molecule has 0 radical (unpaired) electrons. The first-order valence-corrected chi connectivity index (χ1v) is 6.14. The number of anilines is 1. The van der Waals surface area contributed by atoms with Crippen LogP contribution in [0.2, 0.25) is 0 Å². The van der Waals surface area contributed by atoms with Gasteiger partial charge in [0.15, 0.2) is 17.3 Å². The molecule has 1 aromatic carbocycles. The van der Waals surface area contributed by atoms with Crippen molar-refractivity contribution in [3.8, 4) is 5.75 Å². The molecular weight excluding hydrogens is 296 g/mol. The fourth-order valence-corrected chi connectivity index (χ4v) is 1.60. The standard InChI is InChI=1S/C14H11F2N3O3/c15-9-4-3-8(6-10(9)16)19-12(21)7-18-14(22)13-11(20)2-1-5-17-13/h1-6,20H,7H2,(H,18,22)(H,19,21). The molecule has 8 heteroatoms. The highest BCUT2D eigenvalue weighted by Crippen LogP contribution is 2.13. The Balaban J connectivity index is 1.91. The Morgan fingerprint density at radius 1 is 1.18 bits per heavy atom. The molecule has 114 valence electrons. The summed E-state index contributed by atoms with van der Waals surface area (Å²) in [5.41, 5.74) is -0.165. The first-order valence-electron chi connectivity index (χ1n) is 6.14. The third-order valence-electron chi connectivity index (χ3n) is 2.61. The second kappa shape index (κ2) is 6.61. The zero-order chi connectivity index (χ0) is 16.1. The van der Waals surface area contributed by atoms with Crippen LogP contribution in [0.4, 0.5) is 14.5 Å². The van der Waals surface area contributed by atoms with Crippen LogP contribution in [0.25, 0.3) is 0 Å². The average Bonchev–Trinajstić information content (AvgIpc) is 2.49. The quantitative estimate of drug-likeness (QED) is 0.797. The predicted octanol–water partition coefficient (Wildman–Crippen LogP) is 1.43. The zero-order valence-electron chi connectivity index (χ0n) is 11.1. The topological polar surface area (TPSA) is 91.3 Å². The maximum atomic E-state index is 13.0. The Bertz CT molecular complexity index is 722. The number of hydrogen-bond acceptors (Lipinski definition) is 4. The van der Waals surface area contributed by atoms with Crippen LogP contribution < -0.4 is 10.6 Å². The fourth-order valence-electron chi connectivity index (χ4n) is 1.60. The normalized spacial score (nSPS) is 10.1. The predicted molar refractivity (Wildman–Crippen MR) is 73.2 cm³/mol. The van der Waals surface area contributed by atoms with Crippen LogP contribution in [0, 0.1) is 11.6 Å². The SMILES string of the molecule is O=C(CNC(=O)c1ncccc1O)Nc1ccc(F)c(F)c1. The third-order valence-corrected chi connectivity index (χ3v) is 2.61. The van der Waals surface area contributed by atoms with Gasteiger partial charge in [-0.25, -0.2) is 13.8 Å². The molecule has 22 heavy (non-hydrogen) atoms. The van der Waals surface area contributed by atoms with Gasteiger partial charge < -0.3 is 15.7 Å². The molecule has 0 fully saturated rings. The number of pyridine rings is 1. The monoisotopic (exact) mass is 307 g/mol. The number of halogens is 2. The van der Waals surface area contributed by atoms with E-state index >= 15 is 0 Å². The fraction of sp³-hybridized carbons (Fsp3) is 0.0714. The van der Waals surface area contributed by atoms with Crippen LogP contribution in [0.5, 0.6) is 5.75 Å². The molecule has 6 nitrogen and oxygen atoms in total. The van der Waals surface area contributed by atoms with Gasteiger partial charge >= 0.3 is 0 Å². The highest BCUT2D eigenvalue weighted by Gasteiger charge is 2.13. The number of carbonyl (C=O) groups excluding carboxylic acids is 2. The van der Waals surface area contributed by atoms with Gasteiger partial charge in [0.1, 0.15) is 5.75 Å². The van der Waals surface area contributed by atoms with Crippen molar-refractivity contribution < 1.29 is 23.5 Å². The molecule has 0 aliphatic carbocycles. The molecule has 0 bridgehead atoms. The van der Waals surface area contributed by atoms with Crippen molar-refractivity contribution in [2.45, 2.75) is 0 Å². The molecule has 1 aromatic heterocycles. The molecule has 0 saturated heterocycles. The van der Waals surface area contributed by atoms with E-state index in [2.05, 4.69) is 15.6 Å². The summed E-state index contributed by atoms with van der Waals surface area (Å²) in [5, 5.41) is 14.0. The summed E-state index contributed by atoms with van der Waals surface area (Å²) in [4.78, 5) is 27.0. The van der Waals surface area contributed by atoms with E-state index in [0.717, 1.165) is 12.1 Å². The number of amides is 2. The van der Waals surface area contributed by atoms with E-state index in [1.165, 1.54) is 24.4 Å². The number of rotatable bonds is 4. The van der Waals surface area contributed by atoms with Crippen molar-refractivity contribution in [3.63, 3.8) is 0 Å². The number of aromatic nitrogens is 1. The van der Waals surface area contributed by atoms with E-state index in [-0.39, 0.29) is 17.1 Å². The van der Waals surface area contributed by atoms with Gasteiger partial charge in [-0.1, -0.05) is 0 Å². The molecule has 2 rings (SSSR count). The van der Waals surface area contributed by atoms with Crippen LogP contribution in [0.3, 0.4) is 0 Å². The van der Waals surface area contributed by atoms with Crippen LogP contribution in [0.1, 0.15) is 10.5 Å². The molecule has 0 saturated carbocycles. The number of hydrogen-bond donors (Lipinski definition) is 3. The maximum Gasteiger partial charge on any atom is 0.274 e. The number of nitrogens with zero attached hydrogens (tertiary/aromatic N) is 1. The third kappa shape index (κ3) is 3.75. The lowest BCUT2D eigenvalue weighted by Crippen LogP contribution is -2.33. The first-order chi connectivity index (χ1) is 10.5. The van der Waals surface area contributed by atoms with E-state index in [1.807, 2.05) is 0 Å². The summed E-state index contributed by atoms with van der Waals surface area (Å²) in [5.74, 6) is -3.83. The van der Waals surface area contributed by atoms with E-state index in [0.29, 0.717) is 0 Å².